The Morgan fingerprint density at radius 3 is 2.74 bits per heavy atom. The van der Waals surface area contributed by atoms with E-state index in [9.17, 15) is 4.79 Å². The molecule has 0 spiro atoms. The topological polar surface area (TPSA) is 64.3 Å². The van der Waals surface area contributed by atoms with Gasteiger partial charge in [0.05, 0.1) is 0 Å². The lowest BCUT2D eigenvalue weighted by atomic mass is 10.2. The van der Waals surface area contributed by atoms with Crippen molar-refractivity contribution < 1.29 is 9.53 Å². The fraction of sp³-hybridized carbons (Fsp3) is 0.462. The Balaban J connectivity index is 0.00000324. The van der Waals surface area contributed by atoms with Crippen molar-refractivity contribution in [3.8, 4) is 5.75 Å². The predicted molar refractivity (Wildman–Crippen MR) is 80.0 cm³/mol. The number of hydrogen-bond donors (Lipinski definition) is 2. The Labute approximate surface area is 125 Å². The number of nitrogens with one attached hydrogen (secondary N) is 1. The molecule has 1 aromatic rings. The minimum Gasteiger partial charge on any atom is -0.481 e. The maximum absolute atomic E-state index is 11.7. The number of halogens is 2. The SMILES string of the molecule is CC(CN)CNC(=O)C(C)Oc1cccc(Cl)c1.Cl. The van der Waals surface area contributed by atoms with Crippen molar-refractivity contribution in [2.45, 2.75) is 20.0 Å². The number of carbonyl (C=O) groups is 1. The number of carbonyl (C=O) groups excluding carboxylic acids is 1. The van der Waals surface area contributed by atoms with Crippen LogP contribution in [0.3, 0.4) is 0 Å². The van der Waals surface area contributed by atoms with E-state index in [1.165, 1.54) is 0 Å². The lowest BCUT2D eigenvalue weighted by Gasteiger charge is -2.16. The molecule has 0 saturated heterocycles. The van der Waals surface area contributed by atoms with Gasteiger partial charge in [-0.05, 0) is 37.6 Å². The quantitative estimate of drug-likeness (QED) is 0.847. The average Bonchev–Trinajstić information content (AvgIpc) is 2.35. The van der Waals surface area contributed by atoms with E-state index < -0.39 is 6.10 Å². The molecule has 3 N–H and O–H groups in total. The minimum absolute atomic E-state index is 0. The molecule has 0 aliphatic carbocycles. The summed E-state index contributed by atoms with van der Waals surface area (Å²) >= 11 is 5.83. The second-order valence-corrected chi connectivity index (χ2v) is 4.74. The van der Waals surface area contributed by atoms with E-state index >= 15 is 0 Å². The van der Waals surface area contributed by atoms with E-state index in [2.05, 4.69) is 5.32 Å². The van der Waals surface area contributed by atoms with Crippen LogP contribution in [0.15, 0.2) is 24.3 Å². The van der Waals surface area contributed by atoms with Gasteiger partial charge in [-0.2, -0.15) is 0 Å². The summed E-state index contributed by atoms with van der Waals surface area (Å²) in [6, 6.07) is 6.97. The monoisotopic (exact) mass is 306 g/mol. The predicted octanol–water partition coefficient (Wildman–Crippen LogP) is 2.24. The molecule has 0 aliphatic rings. The third-order valence-electron chi connectivity index (χ3n) is 2.51. The van der Waals surface area contributed by atoms with Gasteiger partial charge in [-0.25, -0.2) is 0 Å². The fourth-order valence-corrected chi connectivity index (χ4v) is 1.48. The minimum atomic E-state index is -0.562. The van der Waals surface area contributed by atoms with Crippen LogP contribution in [0.25, 0.3) is 0 Å². The highest BCUT2D eigenvalue weighted by Gasteiger charge is 2.15. The second kappa shape index (κ2) is 9.02. The van der Waals surface area contributed by atoms with Crippen LogP contribution in [0.2, 0.25) is 5.02 Å². The van der Waals surface area contributed by atoms with Gasteiger partial charge in [0.1, 0.15) is 5.75 Å². The summed E-state index contributed by atoms with van der Waals surface area (Å²) < 4.78 is 5.50. The van der Waals surface area contributed by atoms with Crippen LogP contribution in [0, 0.1) is 5.92 Å². The first kappa shape index (κ1) is 18.0. The van der Waals surface area contributed by atoms with E-state index in [0.717, 1.165) is 0 Å². The third kappa shape index (κ3) is 6.66. The van der Waals surface area contributed by atoms with Crippen molar-refractivity contribution in [3.63, 3.8) is 0 Å². The Morgan fingerprint density at radius 2 is 2.16 bits per heavy atom. The van der Waals surface area contributed by atoms with Crippen molar-refractivity contribution in [3.05, 3.63) is 29.3 Å². The number of hydrogen-bond acceptors (Lipinski definition) is 3. The van der Waals surface area contributed by atoms with Crippen molar-refractivity contribution in [1.82, 2.24) is 5.32 Å². The molecule has 0 bridgehead atoms. The molecule has 0 heterocycles. The zero-order valence-corrected chi connectivity index (χ0v) is 12.6. The number of nitrogens with two attached hydrogens (primary N) is 1. The van der Waals surface area contributed by atoms with Gasteiger partial charge in [0.15, 0.2) is 6.10 Å². The summed E-state index contributed by atoms with van der Waals surface area (Å²) in [4.78, 5) is 11.7. The van der Waals surface area contributed by atoms with Crippen LogP contribution in [-0.4, -0.2) is 25.1 Å². The Morgan fingerprint density at radius 1 is 1.47 bits per heavy atom. The van der Waals surface area contributed by atoms with Crippen LogP contribution in [-0.2, 0) is 4.79 Å². The Kier molecular flexibility index (Phi) is 8.56. The van der Waals surface area contributed by atoms with Gasteiger partial charge in [-0.3, -0.25) is 4.79 Å². The summed E-state index contributed by atoms with van der Waals surface area (Å²) in [6.45, 7) is 4.77. The van der Waals surface area contributed by atoms with Crippen molar-refractivity contribution in [2.24, 2.45) is 11.7 Å². The van der Waals surface area contributed by atoms with Crippen LogP contribution < -0.4 is 15.8 Å². The number of benzene rings is 1. The zero-order valence-electron chi connectivity index (χ0n) is 11.1. The molecule has 0 aliphatic heterocycles. The molecular formula is C13H20Cl2N2O2. The van der Waals surface area contributed by atoms with Crippen LogP contribution in [0.4, 0.5) is 0 Å². The molecule has 1 aromatic carbocycles. The maximum atomic E-state index is 11.7. The third-order valence-corrected chi connectivity index (χ3v) is 2.74. The number of amides is 1. The average molecular weight is 307 g/mol. The highest BCUT2D eigenvalue weighted by molar-refractivity contribution is 6.30. The molecule has 19 heavy (non-hydrogen) atoms. The fourth-order valence-electron chi connectivity index (χ4n) is 1.30. The second-order valence-electron chi connectivity index (χ2n) is 4.30. The Hall–Kier alpha value is -0.970. The lowest BCUT2D eigenvalue weighted by molar-refractivity contribution is -0.127. The van der Waals surface area contributed by atoms with Gasteiger partial charge in [0.25, 0.3) is 5.91 Å². The highest BCUT2D eigenvalue weighted by Crippen LogP contribution is 2.18. The first-order valence-corrected chi connectivity index (χ1v) is 6.30. The largest absolute Gasteiger partial charge is 0.481 e. The lowest BCUT2D eigenvalue weighted by Crippen LogP contribution is -2.39. The highest BCUT2D eigenvalue weighted by atomic mass is 35.5. The smallest absolute Gasteiger partial charge is 0.260 e. The van der Waals surface area contributed by atoms with Gasteiger partial charge in [-0.15, -0.1) is 12.4 Å². The normalized spacial score (nSPS) is 13.1. The van der Waals surface area contributed by atoms with Crippen molar-refractivity contribution in [1.29, 1.82) is 0 Å². The van der Waals surface area contributed by atoms with Crippen LogP contribution >= 0.6 is 24.0 Å². The van der Waals surface area contributed by atoms with E-state index in [0.29, 0.717) is 23.9 Å². The van der Waals surface area contributed by atoms with Crippen molar-refractivity contribution >= 4 is 29.9 Å². The molecular weight excluding hydrogens is 287 g/mol. The molecule has 1 amide bonds. The van der Waals surface area contributed by atoms with Crippen LogP contribution in [0.1, 0.15) is 13.8 Å². The van der Waals surface area contributed by atoms with Crippen molar-refractivity contribution in [2.75, 3.05) is 13.1 Å². The molecule has 0 radical (unpaired) electrons. The summed E-state index contributed by atoms with van der Waals surface area (Å²) in [6.07, 6.45) is -0.562. The van der Waals surface area contributed by atoms with Gasteiger partial charge in [0, 0.05) is 11.6 Å². The maximum Gasteiger partial charge on any atom is 0.260 e. The molecule has 2 atom stereocenters. The summed E-state index contributed by atoms with van der Waals surface area (Å²) in [7, 11) is 0. The molecule has 0 fully saturated rings. The molecule has 4 nitrogen and oxygen atoms in total. The Bertz CT molecular complexity index is 402. The van der Waals surface area contributed by atoms with E-state index in [4.69, 9.17) is 22.1 Å². The van der Waals surface area contributed by atoms with Gasteiger partial charge >= 0.3 is 0 Å². The first-order valence-electron chi connectivity index (χ1n) is 5.93. The molecule has 108 valence electrons. The summed E-state index contributed by atoms with van der Waals surface area (Å²) in [5, 5.41) is 3.37. The summed E-state index contributed by atoms with van der Waals surface area (Å²) in [5.74, 6) is 0.680. The standard InChI is InChI=1S/C13H19ClN2O2.ClH/c1-9(7-15)8-16-13(17)10(2)18-12-5-3-4-11(14)6-12;/h3-6,9-10H,7-8,15H2,1-2H3,(H,16,17);1H. The van der Waals surface area contributed by atoms with Gasteiger partial charge in [0.2, 0.25) is 0 Å². The molecule has 6 heteroatoms. The first-order chi connectivity index (χ1) is 8.52. The van der Waals surface area contributed by atoms with Gasteiger partial charge in [-0.1, -0.05) is 24.6 Å². The number of rotatable bonds is 6. The molecule has 1 rings (SSSR count). The molecule has 0 saturated carbocycles. The van der Waals surface area contributed by atoms with E-state index in [1.54, 1.807) is 31.2 Å². The van der Waals surface area contributed by atoms with E-state index in [-0.39, 0.29) is 24.2 Å². The molecule has 0 aromatic heterocycles. The van der Waals surface area contributed by atoms with Gasteiger partial charge < -0.3 is 15.8 Å². The number of ether oxygens (including phenoxy) is 1. The van der Waals surface area contributed by atoms with Crippen LogP contribution in [0.5, 0.6) is 5.75 Å². The molecule has 2 unspecified atom stereocenters. The summed E-state index contributed by atoms with van der Waals surface area (Å²) in [5.41, 5.74) is 5.48. The van der Waals surface area contributed by atoms with E-state index in [1.807, 2.05) is 6.92 Å². The zero-order chi connectivity index (χ0) is 13.5.